The van der Waals surface area contributed by atoms with E-state index in [9.17, 15) is 9.59 Å². The van der Waals surface area contributed by atoms with E-state index in [1.54, 1.807) is 0 Å². The van der Waals surface area contributed by atoms with Crippen LogP contribution in [0.25, 0.3) is 0 Å². The van der Waals surface area contributed by atoms with Gasteiger partial charge >= 0.3 is 12.1 Å². The molecule has 1 unspecified atom stereocenters. The molecule has 0 rings (SSSR count). The zero-order valence-corrected chi connectivity index (χ0v) is 9.38. The van der Waals surface area contributed by atoms with Crippen LogP contribution in [-0.2, 0) is 9.53 Å². The second kappa shape index (κ2) is 8.16. The number of hydrogen-bond donors (Lipinski definition) is 2. The molecule has 0 fully saturated rings. The quantitative estimate of drug-likeness (QED) is 0.644. The van der Waals surface area contributed by atoms with E-state index in [1.807, 2.05) is 6.26 Å². The second-order valence-corrected chi connectivity index (χ2v) is 3.69. The molecule has 0 aromatic carbocycles. The van der Waals surface area contributed by atoms with Crippen molar-refractivity contribution in [3.63, 3.8) is 0 Å². The third-order valence-corrected chi connectivity index (χ3v) is 2.18. The van der Waals surface area contributed by atoms with Gasteiger partial charge in [-0.15, -0.1) is 0 Å². The van der Waals surface area contributed by atoms with E-state index >= 15 is 0 Å². The summed E-state index contributed by atoms with van der Waals surface area (Å²) in [6.07, 6.45) is 2.93. The normalized spacial score (nSPS) is 11.5. The first-order valence-electron chi connectivity index (χ1n) is 4.37. The molecule has 0 saturated carbocycles. The van der Waals surface area contributed by atoms with Crippen molar-refractivity contribution < 1.29 is 19.4 Å². The molecular formula is C9H15NO4S. The molecule has 0 aliphatic carbocycles. The van der Waals surface area contributed by atoms with Gasteiger partial charge in [0, 0.05) is 0 Å². The molecular weight excluding hydrogens is 218 g/mol. The highest BCUT2D eigenvalue weighted by atomic mass is 32.2. The number of carboxylic acids is 1. The van der Waals surface area contributed by atoms with Crippen LogP contribution in [0.1, 0.15) is 6.42 Å². The standard InChI is InChI=1S/C9H15NO4S/c1-3-5-14-9(13)10-7(8(11)12)4-6-15-2/h3,7H,1,4-6H2,2H3,(H,10,13)(H,11,12). The minimum absolute atomic E-state index is 0.0701. The highest BCUT2D eigenvalue weighted by Crippen LogP contribution is 2.01. The predicted molar refractivity (Wildman–Crippen MR) is 59.1 cm³/mol. The fourth-order valence-corrected chi connectivity index (χ4v) is 1.28. The Balaban J connectivity index is 3.98. The van der Waals surface area contributed by atoms with Crippen LogP contribution in [0.4, 0.5) is 4.79 Å². The van der Waals surface area contributed by atoms with Gasteiger partial charge in [0.1, 0.15) is 12.6 Å². The molecule has 6 heteroatoms. The lowest BCUT2D eigenvalue weighted by Crippen LogP contribution is -2.41. The summed E-state index contributed by atoms with van der Waals surface area (Å²) in [5.41, 5.74) is 0. The molecule has 0 saturated heterocycles. The van der Waals surface area contributed by atoms with Gasteiger partial charge in [0.25, 0.3) is 0 Å². The molecule has 5 nitrogen and oxygen atoms in total. The minimum atomic E-state index is -1.06. The van der Waals surface area contributed by atoms with Crippen LogP contribution in [0.15, 0.2) is 12.7 Å². The van der Waals surface area contributed by atoms with Crippen LogP contribution in [0.3, 0.4) is 0 Å². The lowest BCUT2D eigenvalue weighted by atomic mass is 10.2. The van der Waals surface area contributed by atoms with Gasteiger partial charge in [0.15, 0.2) is 0 Å². The SMILES string of the molecule is C=CCOC(=O)NC(CCSC)C(=O)O. The molecule has 0 spiro atoms. The highest BCUT2D eigenvalue weighted by molar-refractivity contribution is 7.98. The summed E-state index contributed by atoms with van der Waals surface area (Å²) in [7, 11) is 0. The Kier molecular flexibility index (Phi) is 7.53. The van der Waals surface area contributed by atoms with Crippen LogP contribution >= 0.6 is 11.8 Å². The zero-order valence-electron chi connectivity index (χ0n) is 8.56. The van der Waals surface area contributed by atoms with Crippen molar-refractivity contribution >= 4 is 23.8 Å². The fraction of sp³-hybridized carbons (Fsp3) is 0.556. The van der Waals surface area contributed by atoms with Gasteiger partial charge in [-0.2, -0.15) is 11.8 Å². The average Bonchev–Trinajstić information content (AvgIpc) is 2.20. The summed E-state index contributed by atoms with van der Waals surface area (Å²) in [6, 6.07) is -0.894. The lowest BCUT2D eigenvalue weighted by Gasteiger charge is -2.13. The Labute approximate surface area is 92.9 Å². The molecule has 86 valence electrons. The maximum absolute atomic E-state index is 11.0. The maximum Gasteiger partial charge on any atom is 0.408 e. The summed E-state index contributed by atoms with van der Waals surface area (Å²) in [5.74, 6) is -0.391. The van der Waals surface area contributed by atoms with E-state index in [0.717, 1.165) is 0 Å². The largest absolute Gasteiger partial charge is 0.480 e. The third kappa shape index (κ3) is 6.84. The third-order valence-electron chi connectivity index (χ3n) is 1.53. The maximum atomic E-state index is 11.0. The molecule has 0 heterocycles. The highest BCUT2D eigenvalue weighted by Gasteiger charge is 2.19. The summed E-state index contributed by atoms with van der Waals surface area (Å²) in [5, 5.41) is 11.0. The Morgan fingerprint density at radius 2 is 2.33 bits per heavy atom. The number of hydrogen-bond acceptors (Lipinski definition) is 4. The van der Waals surface area contributed by atoms with E-state index < -0.39 is 18.1 Å². The van der Waals surface area contributed by atoms with Crippen molar-refractivity contribution in [3.8, 4) is 0 Å². The molecule has 0 aromatic heterocycles. The second-order valence-electron chi connectivity index (χ2n) is 2.70. The topological polar surface area (TPSA) is 75.6 Å². The molecule has 2 N–H and O–H groups in total. The molecule has 0 bridgehead atoms. The lowest BCUT2D eigenvalue weighted by molar-refractivity contribution is -0.139. The number of carboxylic acid groups (broad SMARTS) is 1. The van der Waals surface area contributed by atoms with Gasteiger partial charge in [-0.3, -0.25) is 0 Å². The molecule has 15 heavy (non-hydrogen) atoms. The zero-order chi connectivity index (χ0) is 11.7. The van der Waals surface area contributed by atoms with Gasteiger partial charge in [-0.1, -0.05) is 12.7 Å². The van der Waals surface area contributed by atoms with E-state index in [2.05, 4.69) is 16.6 Å². The summed E-state index contributed by atoms with van der Waals surface area (Å²) in [4.78, 5) is 21.7. The first-order chi connectivity index (χ1) is 7.11. The Hall–Kier alpha value is -1.17. The summed E-state index contributed by atoms with van der Waals surface area (Å²) in [6.45, 7) is 3.44. The van der Waals surface area contributed by atoms with E-state index in [0.29, 0.717) is 12.2 Å². The number of nitrogens with one attached hydrogen (secondary N) is 1. The Morgan fingerprint density at radius 3 is 2.80 bits per heavy atom. The van der Waals surface area contributed by atoms with Crippen molar-refractivity contribution in [2.24, 2.45) is 0 Å². The molecule has 0 aromatic rings. The molecule has 1 amide bonds. The monoisotopic (exact) mass is 233 g/mol. The number of carbonyl (C=O) groups excluding carboxylic acids is 1. The van der Waals surface area contributed by atoms with Crippen molar-refractivity contribution in [3.05, 3.63) is 12.7 Å². The van der Waals surface area contributed by atoms with Gasteiger partial charge in [0.2, 0.25) is 0 Å². The van der Waals surface area contributed by atoms with Crippen molar-refractivity contribution in [2.45, 2.75) is 12.5 Å². The minimum Gasteiger partial charge on any atom is -0.480 e. The van der Waals surface area contributed by atoms with Crippen LogP contribution < -0.4 is 5.32 Å². The molecule has 0 radical (unpaired) electrons. The Morgan fingerprint density at radius 1 is 1.67 bits per heavy atom. The summed E-state index contributed by atoms with van der Waals surface area (Å²) >= 11 is 1.52. The predicted octanol–water partition coefficient (Wildman–Crippen LogP) is 1.10. The number of thioether (sulfide) groups is 1. The number of rotatable bonds is 7. The van der Waals surface area contributed by atoms with Gasteiger partial charge in [0.05, 0.1) is 0 Å². The number of alkyl carbamates (subject to hydrolysis) is 1. The molecule has 0 aliphatic rings. The van der Waals surface area contributed by atoms with Crippen molar-refractivity contribution in [1.82, 2.24) is 5.32 Å². The van der Waals surface area contributed by atoms with Gasteiger partial charge in [-0.25, -0.2) is 9.59 Å². The van der Waals surface area contributed by atoms with Crippen LogP contribution in [0.2, 0.25) is 0 Å². The van der Waals surface area contributed by atoms with Crippen molar-refractivity contribution in [1.29, 1.82) is 0 Å². The van der Waals surface area contributed by atoms with Gasteiger partial charge < -0.3 is 15.2 Å². The van der Waals surface area contributed by atoms with Crippen molar-refractivity contribution in [2.75, 3.05) is 18.6 Å². The smallest absolute Gasteiger partial charge is 0.408 e. The first-order valence-corrected chi connectivity index (χ1v) is 5.77. The molecule has 1 atom stereocenters. The van der Waals surface area contributed by atoms with E-state index in [1.165, 1.54) is 17.8 Å². The van der Waals surface area contributed by atoms with Gasteiger partial charge in [-0.05, 0) is 18.4 Å². The van der Waals surface area contributed by atoms with Crippen LogP contribution in [0, 0.1) is 0 Å². The fourth-order valence-electron chi connectivity index (χ4n) is 0.812. The first kappa shape index (κ1) is 13.8. The average molecular weight is 233 g/mol. The summed E-state index contributed by atoms with van der Waals surface area (Å²) < 4.78 is 4.61. The van der Waals surface area contributed by atoms with E-state index in [4.69, 9.17) is 5.11 Å². The van der Waals surface area contributed by atoms with E-state index in [-0.39, 0.29) is 6.61 Å². The number of amides is 1. The number of ether oxygens (including phenoxy) is 1. The Bertz CT molecular complexity index is 232. The van der Waals surface area contributed by atoms with Crippen LogP contribution in [-0.4, -0.2) is 41.8 Å². The van der Waals surface area contributed by atoms with Crippen LogP contribution in [0.5, 0.6) is 0 Å². The number of carbonyl (C=O) groups is 2. The molecule has 0 aliphatic heterocycles. The number of aliphatic carboxylic acids is 1.